The first-order chi connectivity index (χ1) is 21.7. The lowest BCUT2D eigenvalue weighted by Gasteiger charge is -2.47. The zero-order valence-corrected chi connectivity index (χ0v) is 26.3. The maximum atomic E-state index is 16.1. The van der Waals surface area contributed by atoms with Gasteiger partial charge in [-0.1, -0.05) is 42.5 Å². The van der Waals surface area contributed by atoms with Crippen LogP contribution in [0.25, 0.3) is 0 Å². The van der Waals surface area contributed by atoms with Gasteiger partial charge in [-0.05, 0) is 68.5 Å². The zero-order chi connectivity index (χ0) is 33.5. The van der Waals surface area contributed by atoms with Crippen molar-refractivity contribution in [1.29, 1.82) is 0 Å². The fourth-order valence-electron chi connectivity index (χ4n) is 5.09. The molecular weight excluding hydrogens is 628 g/mol. The van der Waals surface area contributed by atoms with Crippen molar-refractivity contribution in [1.82, 2.24) is 10.6 Å². The highest BCUT2D eigenvalue weighted by Gasteiger charge is 2.33. The topological polar surface area (TPSA) is 123 Å². The summed E-state index contributed by atoms with van der Waals surface area (Å²) >= 11 is 0. The van der Waals surface area contributed by atoms with Crippen LogP contribution in [0.4, 0.5) is 28.9 Å². The Labute approximate surface area is 266 Å². The summed E-state index contributed by atoms with van der Waals surface area (Å²) in [5, 5.41) is 8.69. The van der Waals surface area contributed by atoms with Crippen molar-refractivity contribution >= 4 is 33.8 Å². The minimum absolute atomic E-state index is 0.0376. The predicted octanol–water partition coefficient (Wildman–Crippen LogP) is 6.51. The Morgan fingerprint density at radius 2 is 1.72 bits per heavy atom. The summed E-state index contributed by atoms with van der Waals surface area (Å²) in [6.45, 7) is 3.70. The van der Waals surface area contributed by atoms with Crippen LogP contribution in [0.5, 0.6) is 5.75 Å². The van der Waals surface area contributed by atoms with E-state index in [0.717, 1.165) is 11.6 Å². The Bertz CT molecular complexity index is 1510. The fraction of sp³-hybridized carbons (Fsp3) is 0.375. The van der Waals surface area contributed by atoms with Crippen LogP contribution < -0.4 is 25.0 Å². The molecule has 0 saturated carbocycles. The third-order valence-electron chi connectivity index (χ3n) is 7.14. The molecule has 5 N–H and O–H groups in total. The number of amides is 1. The standard InChI is InChI=1S/C32H38F4N4O5S/c1-21(2)38-24-17-26(30(33)28(18-24)40-13-6-7-14-46(40,43)44)31(42)39-27(16-22-9-4-3-5-10-22)29(41)20-37-19-23-11-8-12-25(15-23)45-32(34,35)36/h3-5,8-12,15,17-18,21,27,37-38,43-44H,6-7,13-14,16,19-20H2,1-2H3,(H,39,42)/t27-/m0/s1. The molecule has 1 aliphatic heterocycles. The molecule has 0 spiro atoms. The molecule has 1 atom stereocenters. The number of benzene rings is 3. The van der Waals surface area contributed by atoms with Gasteiger partial charge in [0.05, 0.1) is 29.6 Å². The van der Waals surface area contributed by atoms with Crippen molar-refractivity contribution in [2.45, 2.75) is 58.1 Å². The Hall–Kier alpha value is -3.85. The second kappa shape index (κ2) is 15.2. The van der Waals surface area contributed by atoms with Crippen LogP contribution in [0.3, 0.4) is 0 Å². The van der Waals surface area contributed by atoms with Crippen molar-refractivity contribution in [3.63, 3.8) is 0 Å². The minimum atomic E-state index is -4.84. The summed E-state index contributed by atoms with van der Waals surface area (Å²) in [6, 6.07) is 15.8. The molecule has 250 valence electrons. The van der Waals surface area contributed by atoms with Gasteiger partial charge in [-0.15, -0.1) is 23.9 Å². The summed E-state index contributed by atoms with van der Waals surface area (Å²) in [4.78, 5) is 27.1. The third kappa shape index (κ3) is 9.82. The van der Waals surface area contributed by atoms with Crippen LogP contribution in [0.15, 0.2) is 66.7 Å². The van der Waals surface area contributed by atoms with Gasteiger partial charge in [0.2, 0.25) is 0 Å². The molecule has 0 aromatic heterocycles. The molecule has 46 heavy (non-hydrogen) atoms. The summed E-state index contributed by atoms with van der Waals surface area (Å²) in [7, 11) is -3.30. The number of nitrogens with one attached hydrogen (secondary N) is 3. The molecule has 3 aromatic rings. The van der Waals surface area contributed by atoms with E-state index in [1.165, 1.54) is 28.6 Å². The number of ketones is 1. The van der Waals surface area contributed by atoms with Crippen LogP contribution in [0.1, 0.15) is 48.2 Å². The molecule has 4 rings (SSSR count). The van der Waals surface area contributed by atoms with Gasteiger partial charge in [0, 0.05) is 24.8 Å². The number of hydrogen-bond acceptors (Lipinski definition) is 8. The molecule has 1 aliphatic rings. The maximum Gasteiger partial charge on any atom is 0.573 e. The monoisotopic (exact) mass is 666 g/mol. The summed E-state index contributed by atoms with van der Waals surface area (Å²) in [5.41, 5.74) is 1.06. The van der Waals surface area contributed by atoms with Gasteiger partial charge < -0.3 is 20.7 Å². The number of carbonyl (C=O) groups is 2. The van der Waals surface area contributed by atoms with Crippen LogP contribution >= 0.6 is 10.8 Å². The Morgan fingerprint density at radius 1 is 1.00 bits per heavy atom. The molecular formula is C32H38F4N4O5S. The molecule has 0 bridgehead atoms. The molecule has 3 aromatic carbocycles. The first-order valence-electron chi connectivity index (χ1n) is 14.8. The maximum absolute atomic E-state index is 16.1. The summed E-state index contributed by atoms with van der Waals surface area (Å²) in [5.74, 6) is -2.57. The summed E-state index contributed by atoms with van der Waals surface area (Å²) in [6.07, 6.45) is -3.57. The lowest BCUT2D eigenvalue weighted by Crippen LogP contribution is -2.46. The SMILES string of the molecule is CC(C)Nc1cc(C(=O)N[C@@H](Cc2ccccc2)C(=O)CNCc2cccc(OC(F)(F)F)c2)c(F)c(N2CCCCS2(O)O)c1. The zero-order valence-electron chi connectivity index (χ0n) is 25.4. The van der Waals surface area contributed by atoms with Gasteiger partial charge in [0.25, 0.3) is 5.91 Å². The highest BCUT2D eigenvalue weighted by atomic mass is 32.3. The summed E-state index contributed by atoms with van der Waals surface area (Å²) < 4.78 is 80.4. The molecule has 1 amide bonds. The Kier molecular flexibility index (Phi) is 11.5. The smallest absolute Gasteiger partial charge is 0.406 e. The predicted molar refractivity (Wildman–Crippen MR) is 171 cm³/mol. The number of Topliss-reactive ketones (excluding diaryl/α,β-unsaturated/α-hetero) is 1. The van der Waals surface area contributed by atoms with E-state index >= 15 is 4.39 Å². The molecule has 9 nitrogen and oxygen atoms in total. The third-order valence-corrected chi connectivity index (χ3v) is 9.06. The van der Waals surface area contributed by atoms with Gasteiger partial charge in [-0.2, -0.15) is 0 Å². The molecule has 0 unspecified atom stereocenters. The molecule has 0 aliphatic carbocycles. The largest absolute Gasteiger partial charge is 0.573 e. The minimum Gasteiger partial charge on any atom is -0.406 e. The highest BCUT2D eigenvalue weighted by Crippen LogP contribution is 2.51. The number of rotatable bonds is 13. The average molecular weight is 667 g/mol. The number of ether oxygens (including phenoxy) is 1. The van der Waals surface area contributed by atoms with Crippen LogP contribution in [0.2, 0.25) is 0 Å². The van der Waals surface area contributed by atoms with Crippen molar-refractivity contribution in [2.24, 2.45) is 0 Å². The number of nitrogens with zero attached hydrogens (tertiary/aromatic N) is 1. The van der Waals surface area contributed by atoms with E-state index in [-0.39, 0.29) is 49.1 Å². The van der Waals surface area contributed by atoms with Crippen LogP contribution in [-0.2, 0) is 17.8 Å². The first-order valence-corrected chi connectivity index (χ1v) is 16.5. The Morgan fingerprint density at radius 3 is 2.39 bits per heavy atom. The number of carbonyl (C=O) groups excluding carboxylic acids is 2. The van der Waals surface area contributed by atoms with Gasteiger partial charge in [0.1, 0.15) is 5.75 Å². The van der Waals surface area contributed by atoms with Gasteiger partial charge >= 0.3 is 6.36 Å². The van der Waals surface area contributed by atoms with Crippen molar-refractivity contribution < 1.29 is 41.0 Å². The highest BCUT2D eigenvalue weighted by molar-refractivity contribution is 8.25. The number of anilines is 2. The van der Waals surface area contributed by atoms with E-state index in [0.29, 0.717) is 24.1 Å². The van der Waals surface area contributed by atoms with Crippen molar-refractivity contribution in [3.8, 4) is 5.75 Å². The first kappa shape index (κ1) is 35.0. The molecule has 14 heteroatoms. The molecule has 0 radical (unpaired) electrons. The van der Waals surface area contributed by atoms with Crippen LogP contribution in [0, 0.1) is 5.82 Å². The normalized spacial score (nSPS) is 16.1. The van der Waals surface area contributed by atoms with Gasteiger partial charge in [0.15, 0.2) is 11.6 Å². The van der Waals surface area contributed by atoms with E-state index in [1.54, 1.807) is 36.4 Å². The second-order valence-electron chi connectivity index (χ2n) is 11.3. The van der Waals surface area contributed by atoms with E-state index in [9.17, 15) is 31.9 Å². The van der Waals surface area contributed by atoms with E-state index in [1.807, 2.05) is 13.8 Å². The van der Waals surface area contributed by atoms with Crippen LogP contribution in [-0.4, -0.2) is 58.1 Å². The fourth-order valence-corrected chi connectivity index (χ4v) is 6.78. The van der Waals surface area contributed by atoms with Crippen molar-refractivity contribution in [3.05, 3.63) is 89.2 Å². The molecule has 1 saturated heterocycles. The second-order valence-corrected chi connectivity index (χ2v) is 13.4. The molecule has 1 fully saturated rings. The lowest BCUT2D eigenvalue weighted by atomic mass is 10.0. The van der Waals surface area contributed by atoms with Gasteiger partial charge in [-0.3, -0.25) is 23.0 Å². The van der Waals surface area contributed by atoms with E-state index < -0.39 is 46.4 Å². The van der Waals surface area contributed by atoms with E-state index in [4.69, 9.17) is 0 Å². The number of hydrogen-bond donors (Lipinski definition) is 5. The number of halogens is 4. The van der Waals surface area contributed by atoms with E-state index in [2.05, 4.69) is 20.7 Å². The number of alkyl halides is 3. The Balaban J connectivity index is 1.56. The van der Waals surface area contributed by atoms with Gasteiger partial charge in [-0.25, -0.2) is 4.39 Å². The quantitative estimate of drug-likeness (QED) is 0.131. The average Bonchev–Trinajstić information content (AvgIpc) is 2.97. The molecule has 1 heterocycles. The van der Waals surface area contributed by atoms with Crippen molar-refractivity contribution in [2.75, 3.05) is 28.5 Å². The lowest BCUT2D eigenvalue weighted by molar-refractivity contribution is -0.274.